The van der Waals surface area contributed by atoms with Gasteiger partial charge in [-0.05, 0) is 44.0 Å². The SMILES string of the molecule is CCCNc1ccc(C(=O)NC(C)C(N)=O)cc1C. The first-order valence-electron chi connectivity index (χ1n) is 6.40. The predicted molar refractivity (Wildman–Crippen MR) is 76.1 cm³/mol. The number of hydrogen-bond acceptors (Lipinski definition) is 3. The number of primary amides is 1. The first kappa shape index (κ1) is 15.0. The molecular weight excluding hydrogens is 242 g/mol. The van der Waals surface area contributed by atoms with Crippen molar-refractivity contribution in [1.29, 1.82) is 0 Å². The van der Waals surface area contributed by atoms with Crippen molar-refractivity contribution < 1.29 is 9.59 Å². The fraction of sp³-hybridized carbons (Fsp3) is 0.429. The number of aryl methyl sites for hydroxylation is 1. The first-order valence-corrected chi connectivity index (χ1v) is 6.40. The summed E-state index contributed by atoms with van der Waals surface area (Å²) in [6.07, 6.45) is 1.04. The van der Waals surface area contributed by atoms with Crippen LogP contribution >= 0.6 is 0 Å². The number of rotatable bonds is 6. The van der Waals surface area contributed by atoms with Gasteiger partial charge in [-0.15, -0.1) is 0 Å². The quantitative estimate of drug-likeness (QED) is 0.725. The zero-order valence-corrected chi connectivity index (χ0v) is 11.6. The number of nitrogens with one attached hydrogen (secondary N) is 2. The van der Waals surface area contributed by atoms with Gasteiger partial charge in [-0.25, -0.2) is 0 Å². The molecule has 4 N–H and O–H groups in total. The van der Waals surface area contributed by atoms with Crippen LogP contribution in [0.4, 0.5) is 5.69 Å². The maximum Gasteiger partial charge on any atom is 0.251 e. The number of carbonyl (C=O) groups is 2. The van der Waals surface area contributed by atoms with Crippen LogP contribution in [0, 0.1) is 6.92 Å². The molecule has 0 saturated heterocycles. The van der Waals surface area contributed by atoms with Crippen LogP contribution in [0.15, 0.2) is 18.2 Å². The standard InChI is InChI=1S/C14H21N3O2/c1-4-7-16-12-6-5-11(8-9(12)2)14(19)17-10(3)13(15)18/h5-6,8,10,16H,4,7H2,1-3H3,(H2,15,18)(H,17,19). The van der Waals surface area contributed by atoms with Crippen molar-refractivity contribution in [2.24, 2.45) is 5.73 Å². The van der Waals surface area contributed by atoms with Gasteiger partial charge in [0.2, 0.25) is 5.91 Å². The summed E-state index contributed by atoms with van der Waals surface area (Å²) in [5, 5.41) is 5.83. The van der Waals surface area contributed by atoms with Crippen molar-refractivity contribution in [3.63, 3.8) is 0 Å². The molecule has 0 radical (unpaired) electrons. The van der Waals surface area contributed by atoms with Gasteiger partial charge in [0.25, 0.3) is 5.91 Å². The molecule has 19 heavy (non-hydrogen) atoms. The molecule has 2 amide bonds. The van der Waals surface area contributed by atoms with Crippen LogP contribution in [-0.2, 0) is 4.79 Å². The Labute approximate surface area is 113 Å². The smallest absolute Gasteiger partial charge is 0.251 e. The molecule has 0 saturated carbocycles. The van der Waals surface area contributed by atoms with Gasteiger partial charge in [-0.2, -0.15) is 0 Å². The van der Waals surface area contributed by atoms with Crippen molar-refractivity contribution in [1.82, 2.24) is 5.32 Å². The molecule has 1 unspecified atom stereocenters. The summed E-state index contributed by atoms with van der Waals surface area (Å²) in [5.41, 5.74) is 7.64. The number of carbonyl (C=O) groups excluding carboxylic acids is 2. The normalized spacial score (nSPS) is 11.7. The molecule has 0 aliphatic rings. The molecule has 5 heteroatoms. The van der Waals surface area contributed by atoms with E-state index >= 15 is 0 Å². The zero-order valence-electron chi connectivity index (χ0n) is 11.6. The molecule has 0 spiro atoms. The van der Waals surface area contributed by atoms with Crippen LogP contribution in [0.25, 0.3) is 0 Å². The lowest BCUT2D eigenvalue weighted by Gasteiger charge is -2.12. The third-order valence-corrected chi connectivity index (χ3v) is 2.83. The summed E-state index contributed by atoms with van der Waals surface area (Å²) in [6, 6.07) is 4.72. The predicted octanol–water partition coefficient (Wildman–Crippen LogP) is 1.42. The third-order valence-electron chi connectivity index (χ3n) is 2.83. The number of benzene rings is 1. The molecule has 1 aromatic rings. The Morgan fingerprint density at radius 3 is 2.58 bits per heavy atom. The molecule has 5 nitrogen and oxygen atoms in total. The number of hydrogen-bond donors (Lipinski definition) is 3. The van der Waals surface area contributed by atoms with Crippen LogP contribution in [0.3, 0.4) is 0 Å². The molecular formula is C14H21N3O2. The second-order valence-corrected chi connectivity index (χ2v) is 4.55. The maximum absolute atomic E-state index is 11.9. The van der Waals surface area contributed by atoms with E-state index in [0.29, 0.717) is 5.56 Å². The van der Waals surface area contributed by atoms with Gasteiger partial charge in [0.1, 0.15) is 6.04 Å². The average molecular weight is 263 g/mol. The molecule has 0 bridgehead atoms. The summed E-state index contributed by atoms with van der Waals surface area (Å²) in [5.74, 6) is -0.845. The molecule has 0 heterocycles. The second kappa shape index (κ2) is 6.78. The summed E-state index contributed by atoms with van der Waals surface area (Å²) in [6.45, 7) is 6.48. The molecule has 0 aromatic heterocycles. The van der Waals surface area contributed by atoms with Gasteiger partial charge in [-0.1, -0.05) is 6.92 Å². The molecule has 1 rings (SSSR count). The van der Waals surface area contributed by atoms with Gasteiger partial charge in [-0.3, -0.25) is 9.59 Å². The highest BCUT2D eigenvalue weighted by Gasteiger charge is 2.14. The van der Waals surface area contributed by atoms with Gasteiger partial charge < -0.3 is 16.4 Å². The average Bonchev–Trinajstić information content (AvgIpc) is 2.36. The lowest BCUT2D eigenvalue weighted by atomic mass is 10.1. The van der Waals surface area contributed by atoms with Crippen molar-refractivity contribution in [2.75, 3.05) is 11.9 Å². The van der Waals surface area contributed by atoms with E-state index in [1.54, 1.807) is 19.1 Å². The lowest BCUT2D eigenvalue weighted by Crippen LogP contribution is -2.42. The van der Waals surface area contributed by atoms with E-state index in [1.807, 2.05) is 13.0 Å². The fourth-order valence-corrected chi connectivity index (χ4v) is 1.61. The van der Waals surface area contributed by atoms with Crippen molar-refractivity contribution in [3.05, 3.63) is 29.3 Å². The van der Waals surface area contributed by atoms with E-state index in [-0.39, 0.29) is 5.91 Å². The van der Waals surface area contributed by atoms with Crippen LogP contribution in [-0.4, -0.2) is 24.4 Å². The van der Waals surface area contributed by atoms with E-state index in [9.17, 15) is 9.59 Å². The molecule has 104 valence electrons. The zero-order chi connectivity index (χ0) is 14.4. The summed E-state index contributed by atoms with van der Waals surface area (Å²) in [4.78, 5) is 22.8. The Morgan fingerprint density at radius 2 is 2.05 bits per heavy atom. The minimum absolute atomic E-state index is 0.295. The molecule has 0 aliphatic heterocycles. The van der Waals surface area contributed by atoms with Crippen molar-refractivity contribution >= 4 is 17.5 Å². The van der Waals surface area contributed by atoms with Gasteiger partial charge in [0, 0.05) is 17.8 Å². The number of amides is 2. The molecule has 0 aliphatic carbocycles. The van der Waals surface area contributed by atoms with E-state index in [0.717, 1.165) is 24.2 Å². The minimum atomic E-state index is -0.675. The number of anilines is 1. The Hall–Kier alpha value is -2.04. The second-order valence-electron chi connectivity index (χ2n) is 4.55. The lowest BCUT2D eigenvalue weighted by molar-refractivity contribution is -0.119. The maximum atomic E-state index is 11.9. The van der Waals surface area contributed by atoms with Gasteiger partial charge in [0.15, 0.2) is 0 Å². The van der Waals surface area contributed by atoms with Gasteiger partial charge in [0.05, 0.1) is 0 Å². The van der Waals surface area contributed by atoms with Crippen LogP contribution in [0.5, 0.6) is 0 Å². The topological polar surface area (TPSA) is 84.2 Å². The highest BCUT2D eigenvalue weighted by Crippen LogP contribution is 2.16. The van der Waals surface area contributed by atoms with Crippen LogP contribution < -0.4 is 16.4 Å². The van der Waals surface area contributed by atoms with Crippen molar-refractivity contribution in [3.8, 4) is 0 Å². The molecule has 1 atom stereocenters. The summed E-state index contributed by atoms with van der Waals surface area (Å²) >= 11 is 0. The first-order chi connectivity index (χ1) is 8.95. The Balaban J connectivity index is 2.77. The Kier molecular flexibility index (Phi) is 5.36. The van der Waals surface area contributed by atoms with E-state index in [4.69, 9.17) is 5.73 Å². The highest BCUT2D eigenvalue weighted by atomic mass is 16.2. The summed E-state index contributed by atoms with van der Waals surface area (Å²) in [7, 11) is 0. The van der Waals surface area contributed by atoms with E-state index in [1.165, 1.54) is 0 Å². The van der Waals surface area contributed by atoms with Crippen LogP contribution in [0.2, 0.25) is 0 Å². The summed E-state index contributed by atoms with van der Waals surface area (Å²) < 4.78 is 0. The highest BCUT2D eigenvalue weighted by molar-refractivity contribution is 5.97. The number of nitrogens with two attached hydrogens (primary N) is 1. The Morgan fingerprint density at radius 1 is 1.37 bits per heavy atom. The fourth-order valence-electron chi connectivity index (χ4n) is 1.61. The van der Waals surface area contributed by atoms with Gasteiger partial charge >= 0.3 is 0 Å². The minimum Gasteiger partial charge on any atom is -0.385 e. The third kappa shape index (κ3) is 4.28. The van der Waals surface area contributed by atoms with Crippen LogP contribution in [0.1, 0.15) is 36.2 Å². The molecule has 0 fully saturated rings. The monoisotopic (exact) mass is 263 g/mol. The largest absolute Gasteiger partial charge is 0.385 e. The van der Waals surface area contributed by atoms with Crippen molar-refractivity contribution in [2.45, 2.75) is 33.2 Å². The van der Waals surface area contributed by atoms with E-state index < -0.39 is 11.9 Å². The Bertz CT molecular complexity index is 472. The van der Waals surface area contributed by atoms with E-state index in [2.05, 4.69) is 17.6 Å². The molecule has 1 aromatic carbocycles.